The van der Waals surface area contributed by atoms with E-state index in [1.807, 2.05) is 18.3 Å². The average Bonchev–Trinajstić information content (AvgIpc) is 3.14. The van der Waals surface area contributed by atoms with Crippen LogP contribution in [0.4, 0.5) is 0 Å². The van der Waals surface area contributed by atoms with Gasteiger partial charge in [-0.3, -0.25) is 9.98 Å². The zero-order valence-electron chi connectivity index (χ0n) is 27.1. The van der Waals surface area contributed by atoms with E-state index in [1.165, 1.54) is 54.6 Å². The molecule has 1 aromatic heterocycles. The Labute approximate surface area is 281 Å². The molecule has 7 aromatic rings. The van der Waals surface area contributed by atoms with Gasteiger partial charge < -0.3 is 5.32 Å². The van der Waals surface area contributed by atoms with Gasteiger partial charge >= 0.3 is 0 Å². The van der Waals surface area contributed by atoms with Crippen LogP contribution >= 0.6 is 0 Å². The lowest BCUT2D eigenvalue weighted by atomic mass is 9.84. The molecule has 3 heteroatoms. The van der Waals surface area contributed by atoms with Gasteiger partial charge in [0.25, 0.3) is 0 Å². The molecule has 0 saturated heterocycles. The van der Waals surface area contributed by atoms with E-state index < -0.39 is 5.66 Å². The van der Waals surface area contributed by atoms with E-state index >= 15 is 0 Å². The molecule has 1 N–H and O–H groups in total. The smallest absolute Gasteiger partial charge is 0.153 e. The standard InChI is InChI=1S/C45H35N3/c1-29-18-23-35-32(25-29)27-41(39-16-8-6-14-37(35)39)44-28-43(40-26-31-11-3-4-12-34(31)36-13-5-7-15-38(36)40)47-45(2,48-44)33-21-19-30(20-22-33)42-17-9-10-24-46-42/h3-24,26-29,47H,25H2,1-2H3. The summed E-state index contributed by atoms with van der Waals surface area (Å²) in [6, 6.07) is 45.7. The molecule has 6 aromatic carbocycles. The van der Waals surface area contributed by atoms with Gasteiger partial charge in [0.15, 0.2) is 5.66 Å². The van der Waals surface area contributed by atoms with Gasteiger partial charge in [-0.1, -0.05) is 122 Å². The molecule has 3 nitrogen and oxygen atoms in total. The molecular formula is C45H35N3. The largest absolute Gasteiger partial charge is 0.357 e. The van der Waals surface area contributed by atoms with Crippen molar-refractivity contribution in [1.29, 1.82) is 0 Å². The third kappa shape index (κ3) is 4.74. The SMILES string of the molecule is CC1C=Cc2c(cc(C3=NC(C)(c4ccc(-c5ccccn5)cc4)NC(c4cc5ccccc5c5ccccc45)=C3)c3ccccc23)C1. The molecule has 2 heterocycles. The van der Waals surface area contributed by atoms with Gasteiger partial charge in [0.05, 0.1) is 11.4 Å². The first-order chi connectivity index (χ1) is 23.5. The molecule has 0 spiro atoms. The van der Waals surface area contributed by atoms with Crippen molar-refractivity contribution in [2.24, 2.45) is 10.9 Å². The Balaban J connectivity index is 1.28. The topological polar surface area (TPSA) is 37.3 Å². The van der Waals surface area contributed by atoms with Crippen molar-refractivity contribution < 1.29 is 0 Å². The normalized spacial score (nSPS) is 18.8. The second kappa shape index (κ2) is 11.2. The molecule has 9 rings (SSSR count). The van der Waals surface area contributed by atoms with Crippen LogP contribution in [0.15, 0.2) is 151 Å². The Bertz CT molecular complexity index is 2470. The highest BCUT2D eigenvalue weighted by molar-refractivity contribution is 6.22. The number of aromatic nitrogens is 1. The third-order valence-electron chi connectivity index (χ3n) is 10.1. The lowest BCUT2D eigenvalue weighted by molar-refractivity contribution is 0.448. The first-order valence-electron chi connectivity index (χ1n) is 16.8. The van der Waals surface area contributed by atoms with Crippen LogP contribution < -0.4 is 5.32 Å². The van der Waals surface area contributed by atoms with Gasteiger partial charge in [-0.15, -0.1) is 0 Å². The van der Waals surface area contributed by atoms with Gasteiger partial charge in [-0.25, -0.2) is 0 Å². The molecule has 0 saturated carbocycles. The van der Waals surface area contributed by atoms with Crippen LogP contribution in [0.25, 0.3) is 55.3 Å². The molecule has 2 aliphatic rings. The lowest BCUT2D eigenvalue weighted by Gasteiger charge is -2.35. The van der Waals surface area contributed by atoms with Crippen LogP contribution in [0.5, 0.6) is 0 Å². The number of hydrogen-bond donors (Lipinski definition) is 1. The van der Waals surface area contributed by atoms with Crippen LogP contribution in [0.3, 0.4) is 0 Å². The van der Waals surface area contributed by atoms with Gasteiger partial charge in [0.2, 0.25) is 0 Å². The Morgan fingerprint density at radius 3 is 2.15 bits per heavy atom. The zero-order chi connectivity index (χ0) is 32.2. The fraction of sp³-hybridized carbons (Fsp3) is 0.111. The van der Waals surface area contributed by atoms with Crippen molar-refractivity contribution in [2.45, 2.75) is 25.9 Å². The first-order valence-corrected chi connectivity index (χ1v) is 16.8. The molecule has 48 heavy (non-hydrogen) atoms. The van der Waals surface area contributed by atoms with E-state index in [9.17, 15) is 0 Å². The summed E-state index contributed by atoms with van der Waals surface area (Å²) >= 11 is 0. The number of nitrogens with zero attached hydrogens (tertiary/aromatic N) is 2. The fourth-order valence-corrected chi connectivity index (χ4v) is 7.64. The first kappa shape index (κ1) is 28.4. The van der Waals surface area contributed by atoms with Crippen LogP contribution in [0.2, 0.25) is 0 Å². The average molecular weight is 618 g/mol. The summed E-state index contributed by atoms with van der Waals surface area (Å²) in [7, 11) is 0. The second-order valence-corrected chi connectivity index (χ2v) is 13.3. The molecule has 230 valence electrons. The van der Waals surface area contributed by atoms with E-state index in [2.05, 4.69) is 158 Å². The van der Waals surface area contributed by atoms with E-state index in [-0.39, 0.29) is 0 Å². The maximum Gasteiger partial charge on any atom is 0.153 e. The summed E-state index contributed by atoms with van der Waals surface area (Å²) in [5.41, 5.74) is 9.52. The minimum absolute atomic E-state index is 0.499. The molecule has 2 unspecified atom stereocenters. The van der Waals surface area contributed by atoms with Crippen molar-refractivity contribution in [3.63, 3.8) is 0 Å². The highest BCUT2D eigenvalue weighted by atomic mass is 15.2. The highest BCUT2D eigenvalue weighted by Gasteiger charge is 2.32. The zero-order valence-corrected chi connectivity index (χ0v) is 27.1. The van der Waals surface area contributed by atoms with E-state index in [4.69, 9.17) is 4.99 Å². The Morgan fingerprint density at radius 2 is 1.38 bits per heavy atom. The summed E-state index contributed by atoms with van der Waals surface area (Å²) < 4.78 is 0. The fourth-order valence-electron chi connectivity index (χ4n) is 7.64. The van der Waals surface area contributed by atoms with Crippen LogP contribution in [0.1, 0.15) is 41.7 Å². The Kier molecular flexibility index (Phi) is 6.62. The van der Waals surface area contributed by atoms with Gasteiger partial charge in [0, 0.05) is 28.6 Å². The predicted octanol–water partition coefficient (Wildman–Crippen LogP) is 10.7. The molecule has 0 radical (unpaired) electrons. The maximum absolute atomic E-state index is 5.59. The number of fused-ring (bicyclic) bond motifs is 6. The highest BCUT2D eigenvalue weighted by Crippen LogP contribution is 2.39. The number of rotatable bonds is 4. The molecule has 0 fully saturated rings. The summed E-state index contributed by atoms with van der Waals surface area (Å²) in [6.45, 7) is 4.50. The van der Waals surface area contributed by atoms with Crippen molar-refractivity contribution >= 4 is 49.8 Å². The van der Waals surface area contributed by atoms with Crippen molar-refractivity contribution in [3.8, 4) is 11.3 Å². The summed E-state index contributed by atoms with van der Waals surface area (Å²) in [5.74, 6) is 0.499. The van der Waals surface area contributed by atoms with Gasteiger partial charge in [-0.2, -0.15) is 0 Å². The van der Waals surface area contributed by atoms with Gasteiger partial charge in [0.1, 0.15) is 0 Å². The number of benzene rings is 6. The van der Waals surface area contributed by atoms with E-state index in [1.54, 1.807) is 0 Å². The van der Waals surface area contributed by atoms with Crippen LogP contribution in [0, 0.1) is 5.92 Å². The summed E-state index contributed by atoms with van der Waals surface area (Å²) in [5, 5.41) is 11.4. The molecular weight excluding hydrogens is 583 g/mol. The monoisotopic (exact) mass is 617 g/mol. The van der Waals surface area contributed by atoms with E-state index in [0.717, 1.165) is 34.7 Å². The number of aliphatic imine (C=N–C) groups is 1. The Morgan fingerprint density at radius 1 is 0.688 bits per heavy atom. The van der Waals surface area contributed by atoms with Gasteiger partial charge in [-0.05, 0) is 98.6 Å². The molecule has 0 bridgehead atoms. The van der Waals surface area contributed by atoms with E-state index in [0.29, 0.717) is 5.92 Å². The maximum atomic E-state index is 5.59. The summed E-state index contributed by atoms with van der Waals surface area (Å²) in [4.78, 5) is 10.2. The number of pyridine rings is 1. The number of nitrogens with one attached hydrogen (secondary N) is 1. The Hall–Kier alpha value is -5.80. The number of allylic oxidation sites excluding steroid dienone is 2. The van der Waals surface area contributed by atoms with Crippen LogP contribution in [-0.2, 0) is 12.1 Å². The molecule has 1 aliphatic heterocycles. The molecule has 2 atom stereocenters. The lowest BCUT2D eigenvalue weighted by Crippen LogP contribution is -2.40. The quantitative estimate of drug-likeness (QED) is 0.200. The minimum Gasteiger partial charge on any atom is -0.357 e. The minimum atomic E-state index is -0.723. The third-order valence-corrected chi connectivity index (χ3v) is 10.1. The van der Waals surface area contributed by atoms with Crippen molar-refractivity contribution in [1.82, 2.24) is 10.3 Å². The van der Waals surface area contributed by atoms with Crippen molar-refractivity contribution in [2.75, 3.05) is 0 Å². The van der Waals surface area contributed by atoms with Crippen LogP contribution in [-0.4, -0.2) is 10.7 Å². The predicted molar refractivity (Wildman–Crippen MR) is 202 cm³/mol. The summed E-state index contributed by atoms with van der Waals surface area (Å²) in [6.07, 6.45) is 9.79. The van der Waals surface area contributed by atoms with Crippen molar-refractivity contribution in [3.05, 3.63) is 174 Å². The number of hydrogen-bond acceptors (Lipinski definition) is 3. The second-order valence-electron chi connectivity index (χ2n) is 13.3. The molecule has 0 amide bonds. The molecule has 1 aliphatic carbocycles.